The number of aliphatic hydroxyl groups is 4. The first-order valence-corrected chi connectivity index (χ1v) is 19.2. The van der Waals surface area contributed by atoms with Gasteiger partial charge in [-0.25, -0.2) is 9.97 Å². The molecule has 7 rings (SSSR count). The standard InChI is InChI=1S/C23H28N2O6.C20H22N2O6/c1-13-14(2)23(29-16(4)27)20(12-28-15(3)26)31-22(13)17-6-5-7-18(10-17)30-19-8-9-21(24)25-11-19;1-11-8-22-9-14(5-6-16(22)21-11)27-13-4-2-3-12(7-13)20-19(26)18(25)17(24)15(10-23)28-20/h5-11,13-14,20,22-23H,12H2,1-4H3,(H2,24,25);2-9,15,17-20,23-26H,10H2,1H3/t13-,14+,20+,22?,23-;15-,17-,18+,19+,20?/m01/s1. The van der Waals surface area contributed by atoms with Gasteiger partial charge in [-0.3, -0.25) is 9.59 Å². The number of aliphatic hydroxyl groups excluding tert-OH is 4. The molecular weight excluding hydrogens is 764 g/mol. The van der Waals surface area contributed by atoms with Gasteiger partial charge in [0.25, 0.3) is 0 Å². The van der Waals surface area contributed by atoms with E-state index in [-0.39, 0.29) is 24.5 Å². The maximum absolute atomic E-state index is 11.6. The van der Waals surface area contributed by atoms with Crippen LogP contribution in [0.2, 0.25) is 0 Å². The van der Waals surface area contributed by atoms with Gasteiger partial charge in [-0.2, -0.15) is 0 Å². The Morgan fingerprint density at radius 1 is 0.763 bits per heavy atom. The van der Waals surface area contributed by atoms with Crippen molar-refractivity contribution in [3.05, 3.63) is 108 Å². The van der Waals surface area contributed by atoms with Crippen LogP contribution in [0.25, 0.3) is 5.65 Å². The van der Waals surface area contributed by atoms with Crippen LogP contribution in [0.3, 0.4) is 0 Å². The molecular formula is C43H50N4O12. The third kappa shape index (κ3) is 10.5. The summed E-state index contributed by atoms with van der Waals surface area (Å²) >= 11 is 0. The molecule has 5 aromatic rings. The van der Waals surface area contributed by atoms with Crippen LogP contribution < -0.4 is 15.2 Å². The molecule has 16 heteroatoms. The third-order valence-corrected chi connectivity index (χ3v) is 10.3. The van der Waals surface area contributed by atoms with E-state index in [2.05, 4.69) is 9.97 Å². The Balaban J connectivity index is 0.000000199. The molecule has 2 aliphatic heterocycles. The average Bonchev–Trinajstić information content (AvgIpc) is 3.59. The number of nitrogens with zero attached hydrogens (tertiary/aromatic N) is 3. The largest absolute Gasteiger partial charge is 0.463 e. The molecule has 0 aliphatic carbocycles. The van der Waals surface area contributed by atoms with Crippen molar-refractivity contribution in [2.75, 3.05) is 18.9 Å². The highest BCUT2D eigenvalue weighted by atomic mass is 16.6. The molecule has 5 heterocycles. The first-order chi connectivity index (χ1) is 28.2. The van der Waals surface area contributed by atoms with E-state index in [1.165, 1.54) is 13.8 Å². The van der Waals surface area contributed by atoms with Gasteiger partial charge in [0.15, 0.2) is 0 Å². The number of rotatable bonds is 10. The Kier molecular flexibility index (Phi) is 13.8. The van der Waals surface area contributed by atoms with Crippen molar-refractivity contribution in [1.29, 1.82) is 0 Å². The minimum absolute atomic E-state index is 0.00807. The molecule has 3 aromatic heterocycles. The van der Waals surface area contributed by atoms with Gasteiger partial charge in [-0.1, -0.05) is 38.1 Å². The first-order valence-electron chi connectivity index (χ1n) is 19.2. The lowest BCUT2D eigenvalue weighted by Crippen LogP contribution is -2.55. The Morgan fingerprint density at radius 3 is 2.03 bits per heavy atom. The number of carbonyl (C=O) groups is 2. The molecule has 2 aliphatic rings. The molecule has 0 saturated carbocycles. The van der Waals surface area contributed by atoms with Crippen LogP contribution in [0.5, 0.6) is 23.0 Å². The first kappa shape index (κ1) is 43.0. The summed E-state index contributed by atoms with van der Waals surface area (Å²) in [5.74, 6) is 1.95. The summed E-state index contributed by atoms with van der Waals surface area (Å²) in [7, 11) is 0. The van der Waals surface area contributed by atoms with Crippen LogP contribution in [0.4, 0.5) is 5.82 Å². The summed E-state index contributed by atoms with van der Waals surface area (Å²) in [6.45, 7) is 8.20. The molecule has 314 valence electrons. The highest BCUT2D eigenvalue weighted by Crippen LogP contribution is 2.42. The van der Waals surface area contributed by atoms with Crippen LogP contribution in [0.15, 0.2) is 91.4 Å². The summed E-state index contributed by atoms with van der Waals surface area (Å²) in [5.41, 5.74) is 8.82. The summed E-state index contributed by atoms with van der Waals surface area (Å²) in [6, 6.07) is 21.6. The second-order valence-corrected chi connectivity index (χ2v) is 14.7. The normalized spacial score (nSPS) is 26.6. The Hall–Kier alpha value is -5.62. The zero-order chi connectivity index (χ0) is 42.4. The van der Waals surface area contributed by atoms with Gasteiger partial charge in [0, 0.05) is 26.0 Å². The summed E-state index contributed by atoms with van der Waals surface area (Å²) in [4.78, 5) is 31.4. The van der Waals surface area contributed by atoms with Crippen molar-refractivity contribution < 1.29 is 58.4 Å². The van der Waals surface area contributed by atoms with E-state index in [0.717, 1.165) is 16.9 Å². The highest BCUT2D eigenvalue weighted by molar-refractivity contribution is 5.66. The smallest absolute Gasteiger partial charge is 0.303 e. The second kappa shape index (κ2) is 19.0. The van der Waals surface area contributed by atoms with E-state index >= 15 is 0 Å². The molecule has 59 heavy (non-hydrogen) atoms. The van der Waals surface area contributed by atoms with Crippen LogP contribution in [-0.4, -0.2) is 96.6 Å². The molecule has 6 N–H and O–H groups in total. The lowest BCUT2D eigenvalue weighted by atomic mass is 9.79. The van der Waals surface area contributed by atoms with E-state index in [0.29, 0.717) is 34.4 Å². The van der Waals surface area contributed by atoms with Crippen molar-refractivity contribution in [3.8, 4) is 23.0 Å². The second-order valence-electron chi connectivity index (χ2n) is 14.7. The number of hydrogen-bond donors (Lipinski definition) is 5. The van der Waals surface area contributed by atoms with E-state index < -0.39 is 61.3 Å². The number of carbonyl (C=O) groups excluding carboxylic acids is 2. The van der Waals surface area contributed by atoms with Crippen molar-refractivity contribution in [1.82, 2.24) is 14.4 Å². The zero-order valence-electron chi connectivity index (χ0n) is 33.3. The van der Waals surface area contributed by atoms with E-state index in [1.54, 1.807) is 42.6 Å². The number of ether oxygens (including phenoxy) is 6. The number of pyridine rings is 2. The maximum atomic E-state index is 11.6. The van der Waals surface area contributed by atoms with Crippen molar-refractivity contribution >= 4 is 23.4 Å². The molecule has 2 saturated heterocycles. The van der Waals surface area contributed by atoms with Crippen molar-refractivity contribution in [3.63, 3.8) is 0 Å². The van der Waals surface area contributed by atoms with E-state index in [4.69, 9.17) is 34.2 Å². The van der Waals surface area contributed by atoms with E-state index in [9.17, 15) is 30.0 Å². The predicted octanol–water partition coefficient (Wildman–Crippen LogP) is 4.61. The van der Waals surface area contributed by atoms with Crippen LogP contribution in [0.1, 0.15) is 56.7 Å². The van der Waals surface area contributed by atoms with E-state index in [1.807, 2.05) is 74.0 Å². The fourth-order valence-electron chi connectivity index (χ4n) is 7.16. The number of esters is 2. The van der Waals surface area contributed by atoms with Gasteiger partial charge in [-0.15, -0.1) is 0 Å². The molecule has 2 unspecified atom stereocenters. The lowest BCUT2D eigenvalue weighted by Gasteiger charge is -2.44. The van der Waals surface area contributed by atoms with Gasteiger partial charge in [0.1, 0.15) is 83.8 Å². The Bertz CT molecular complexity index is 2200. The predicted molar refractivity (Wildman–Crippen MR) is 212 cm³/mol. The lowest BCUT2D eigenvalue weighted by molar-refractivity contribution is -0.231. The number of benzene rings is 2. The number of aromatic nitrogens is 3. The minimum Gasteiger partial charge on any atom is -0.463 e. The number of nitrogens with two attached hydrogens (primary N) is 1. The van der Waals surface area contributed by atoms with Crippen LogP contribution in [-0.2, 0) is 28.5 Å². The van der Waals surface area contributed by atoms with Crippen LogP contribution in [0, 0.1) is 18.8 Å². The van der Waals surface area contributed by atoms with Crippen molar-refractivity contribution in [2.45, 2.75) is 83.5 Å². The number of anilines is 1. The van der Waals surface area contributed by atoms with Crippen molar-refractivity contribution in [2.24, 2.45) is 11.8 Å². The van der Waals surface area contributed by atoms with Gasteiger partial charge in [-0.05, 0) is 72.5 Å². The molecule has 2 aromatic carbocycles. The average molecular weight is 815 g/mol. The van der Waals surface area contributed by atoms with Gasteiger partial charge < -0.3 is 59.0 Å². The number of aryl methyl sites for hydroxylation is 1. The number of hydrogen-bond acceptors (Lipinski definition) is 15. The summed E-state index contributed by atoms with van der Waals surface area (Å²) in [5, 5.41) is 39.6. The number of nitrogen functional groups attached to an aromatic ring is 1. The third-order valence-electron chi connectivity index (χ3n) is 10.3. The Labute approximate surface area is 341 Å². The molecule has 10 atom stereocenters. The zero-order valence-corrected chi connectivity index (χ0v) is 33.3. The molecule has 16 nitrogen and oxygen atoms in total. The number of fused-ring (bicyclic) bond motifs is 1. The summed E-state index contributed by atoms with van der Waals surface area (Å²) in [6.07, 6.45) is -2.12. The fourth-order valence-corrected chi connectivity index (χ4v) is 7.16. The summed E-state index contributed by atoms with van der Waals surface area (Å²) < 4.78 is 36.3. The fraction of sp³-hybridized carbons (Fsp3) is 0.395. The minimum atomic E-state index is -1.42. The molecule has 0 radical (unpaired) electrons. The monoisotopic (exact) mass is 814 g/mol. The quantitative estimate of drug-likeness (QED) is 0.121. The van der Waals surface area contributed by atoms with Gasteiger partial charge in [0.2, 0.25) is 0 Å². The topological polar surface area (TPSA) is 227 Å². The molecule has 0 spiro atoms. The maximum Gasteiger partial charge on any atom is 0.303 e. The highest BCUT2D eigenvalue weighted by Gasteiger charge is 2.45. The van der Waals surface area contributed by atoms with Crippen LogP contribution >= 0.6 is 0 Å². The molecule has 0 amide bonds. The van der Waals surface area contributed by atoms with Gasteiger partial charge >= 0.3 is 11.9 Å². The number of imidazole rings is 1. The Morgan fingerprint density at radius 2 is 1.41 bits per heavy atom. The molecule has 2 fully saturated rings. The van der Waals surface area contributed by atoms with Gasteiger partial charge in [0.05, 0.1) is 30.8 Å². The molecule has 0 bridgehead atoms. The SMILES string of the molecule is CC(=O)OC[C@H]1OC(c2cccc(Oc3ccc(N)nc3)c2)[C@@H](C)[C@@H](C)[C@@H]1OC(C)=O.Cc1cn2cc(Oc3cccc(C4O[C@H](CO)[C@@H](O)[C@H](O)[C@@H]4O)c3)ccc2n1.